The van der Waals surface area contributed by atoms with E-state index in [0.29, 0.717) is 60.1 Å². The average Bonchev–Trinajstić information content (AvgIpc) is 1.61. The number of unbranched alkanes of at least 4 members (excludes halogenated alkanes) is 3. The van der Waals surface area contributed by atoms with Crippen molar-refractivity contribution < 1.29 is 28.9 Å². The van der Waals surface area contributed by atoms with Crippen LogP contribution in [0.5, 0.6) is 0 Å². The Morgan fingerprint density at radius 3 is 1.14 bits per heavy atom. The maximum Gasteiger partial charge on any atom is 0.331 e. The smallest absolute Gasteiger partial charge is 0.331 e. The van der Waals surface area contributed by atoms with Gasteiger partial charge in [-0.15, -0.1) is 0 Å². The second-order valence-corrected chi connectivity index (χ2v) is 24.9. The molecule has 0 bridgehead atoms. The molecular formula is C78H86N4O6. The highest BCUT2D eigenvalue weighted by molar-refractivity contribution is 6.28. The van der Waals surface area contributed by atoms with Crippen LogP contribution in [0.15, 0.2) is 132 Å². The van der Waals surface area contributed by atoms with Crippen LogP contribution in [0, 0.1) is 53.4 Å². The maximum atomic E-state index is 15.0. The van der Waals surface area contributed by atoms with Crippen molar-refractivity contribution in [2.75, 3.05) is 0 Å². The van der Waals surface area contributed by atoms with Gasteiger partial charge < -0.3 is 18.8 Å². The molecule has 454 valence electrons. The van der Waals surface area contributed by atoms with Crippen LogP contribution in [0.3, 0.4) is 0 Å². The van der Waals surface area contributed by atoms with Crippen molar-refractivity contribution in [3.05, 3.63) is 188 Å². The highest BCUT2D eigenvalue weighted by Gasteiger charge is 2.27. The number of benzene rings is 8. The molecule has 10 heteroatoms. The number of ketones is 2. The summed E-state index contributed by atoms with van der Waals surface area (Å²) in [5.41, 5.74) is 16.0. The number of hydrogen-bond acceptors (Lipinski definition) is 8. The van der Waals surface area contributed by atoms with E-state index in [9.17, 15) is 9.59 Å². The molecule has 0 spiro atoms. The molecule has 10 rings (SSSR count). The molecule has 2 heterocycles. The van der Waals surface area contributed by atoms with E-state index in [0.717, 1.165) is 185 Å². The molecule has 0 N–H and O–H groups in total. The topological polar surface area (TPSA) is 121 Å². The molecule has 10 aromatic rings. The van der Waals surface area contributed by atoms with Crippen LogP contribution in [-0.4, -0.2) is 44.1 Å². The molecule has 0 aliphatic carbocycles. The van der Waals surface area contributed by atoms with Gasteiger partial charge in [-0.25, -0.2) is 9.59 Å². The van der Waals surface area contributed by atoms with Crippen LogP contribution in [0.2, 0.25) is 0 Å². The summed E-state index contributed by atoms with van der Waals surface area (Å²) in [6.45, 7) is 25.7. The number of carbonyl (C=O) groups excluding carboxylic acids is 4. The van der Waals surface area contributed by atoms with Crippen LogP contribution in [0.1, 0.15) is 195 Å². The summed E-state index contributed by atoms with van der Waals surface area (Å²) in [7, 11) is 0. The fourth-order valence-electron chi connectivity index (χ4n) is 14.0. The Bertz CT molecular complexity index is 4090. The third-order valence-corrected chi connectivity index (χ3v) is 18.3. The van der Waals surface area contributed by atoms with E-state index >= 15 is 9.59 Å². The lowest BCUT2D eigenvalue weighted by Crippen LogP contribution is -2.11. The first kappa shape index (κ1) is 62.5. The molecule has 88 heavy (non-hydrogen) atoms. The summed E-state index contributed by atoms with van der Waals surface area (Å²) in [6, 6.07) is 42.0. The summed E-state index contributed by atoms with van der Waals surface area (Å²) in [5, 5.41) is 16.9. The molecular weight excluding hydrogens is 1090 g/mol. The predicted octanol–water partition coefficient (Wildman–Crippen LogP) is 19.7. The minimum atomic E-state index is -0.521. The zero-order valence-electron chi connectivity index (χ0n) is 53.8. The number of aryl methyl sites for hydroxylation is 6. The average molecular weight is 1180 g/mol. The third kappa shape index (κ3) is 12.8. The first-order valence-electron chi connectivity index (χ1n) is 32.1. The Kier molecular flexibility index (Phi) is 19.4. The fourth-order valence-corrected chi connectivity index (χ4v) is 14.0. The largest absolute Gasteiger partial charge is 0.340 e. The van der Waals surface area contributed by atoms with Gasteiger partial charge in [0.1, 0.15) is 0 Å². The van der Waals surface area contributed by atoms with Crippen molar-refractivity contribution >= 4 is 100 Å². The number of nitrogens with zero attached hydrogens (tertiary/aromatic N) is 4. The molecule has 2 aromatic heterocycles. The third-order valence-electron chi connectivity index (χ3n) is 18.3. The van der Waals surface area contributed by atoms with Crippen LogP contribution in [-0.2, 0) is 32.4 Å². The summed E-state index contributed by atoms with van der Waals surface area (Å²) in [4.78, 5) is 66.2. The van der Waals surface area contributed by atoms with Crippen LogP contribution in [0.25, 0.3) is 65.2 Å². The van der Waals surface area contributed by atoms with Gasteiger partial charge in [0.2, 0.25) is 0 Å². The summed E-state index contributed by atoms with van der Waals surface area (Å²) < 4.78 is 4.95. The van der Waals surface area contributed by atoms with E-state index in [2.05, 4.69) is 170 Å². The molecule has 0 radical (unpaired) electrons. The first-order chi connectivity index (χ1) is 42.4. The second-order valence-electron chi connectivity index (χ2n) is 24.9. The van der Waals surface area contributed by atoms with Gasteiger partial charge in [-0.1, -0.05) is 173 Å². The molecule has 0 saturated carbocycles. The molecule has 10 nitrogen and oxygen atoms in total. The molecule has 2 unspecified atom stereocenters. The van der Waals surface area contributed by atoms with Gasteiger partial charge in [-0.3, -0.25) is 9.59 Å². The summed E-state index contributed by atoms with van der Waals surface area (Å²) >= 11 is 0. The molecule has 0 amide bonds. The van der Waals surface area contributed by atoms with Gasteiger partial charge in [-0.05, 0) is 161 Å². The summed E-state index contributed by atoms with van der Waals surface area (Å²) in [5.74, 6) is -0.141. The maximum absolute atomic E-state index is 15.0. The van der Waals surface area contributed by atoms with E-state index in [1.165, 1.54) is 13.8 Å². The van der Waals surface area contributed by atoms with Crippen molar-refractivity contribution in [2.24, 2.45) is 22.1 Å². The van der Waals surface area contributed by atoms with E-state index < -0.39 is 11.9 Å². The van der Waals surface area contributed by atoms with Gasteiger partial charge >= 0.3 is 11.9 Å². The first-order valence-corrected chi connectivity index (χ1v) is 32.1. The zero-order valence-corrected chi connectivity index (χ0v) is 53.8. The van der Waals surface area contributed by atoms with Crippen molar-refractivity contribution in [3.8, 4) is 0 Å². The minimum Gasteiger partial charge on any atom is -0.340 e. The number of aromatic nitrogens is 2. The van der Waals surface area contributed by atoms with Gasteiger partial charge in [0.15, 0.2) is 11.6 Å². The number of hydrogen-bond donors (Lipinski definition) is 0. The minimum absolute atomic E-state index is 0.00103. The van der Waals surface area contributed by atoms with E-state index in [1.54, 1.807) is 0 Å². The Balaban J connectivity index is 1.04. The Morgan fingerprint density at radius 1 is 0.432 bits per heavy atom. The molecule has 2 atom stereocenters. The standard InChI is InChI=1S/C78H86N4O6/c1-13-17-25-55(15-3)45-81-71-35-33-57(41-63(71)65-43-67(59-27-19-21-29-61(59)75(65)81)77(85)73-49(7)37-47(5)38-50(73)8)69(79-87-53(11)83)31-23-24-32-70(80-88-54(12)84)58-34-36-72-64(42-58)66-44-68(78(86)74-51(9)39-48(6)40-52(74)10)60-28-20-22-30-62(60)76(66)82(72)46-56(16-4)26-18-14-2/h19-22,27-30,33-44,55-56H,13-18,23-26,31-32,45-46H2,1-12H3. The van der Waals surface area contributed by atoms with Crippen LogP contribution < -0.4 is 0 Å². The Labute approximate surface area is 519 Å². The quantitative estimate of drug-likeness (QED) is 0.0185. The predicted molar refractivity (Wildman–Crippen MR) is 364 cm³/mol. The molecule has 8 aromatic carbocycles. The van der Waals surface area contributed by atoms with Crippen molar-refractivity contribution in [1.82, 2.24) is 9.13 Å². The van der Waals surface area contributed by atoms with Gasteiger partial charge in [0.25, 0.3) is 0 Å². The fraction of sp³-hybridized carbons (Fsp3) is 0.359. The molecule has 0 aliphatic rings. The lowest BCUT2D eigenvalue weighted by molar-refractivity contribution is -0.141. The molecule has 0 fully saturated rings. The monoisotopic (exact) mass is 1170 g/mol. The van der Waals surface area contributed by atoms with Crippen LogP contribution >= 0.6 is 0 Å². The van der Waals surface area contributed by atoms with Crippen molar-refractivity contribution in [3.63, 3.8) is 0 Å². The lowest BCUT2D eigenvalue weighted by Gasteiger charge is -2.19. The molecule has 0 saturated heterocycles. The normalized spacial score (nSPS) is 13.0. The van der Waals surface area contributed by atoms with Gasteiger partial charge in [0.05, 0.1) is 22.5 Å². The van der Waals surface area contributed by atoms with Crippen molar-refractivity contribution in [2.45, 2.75) is 173 Å². The van der Waals surface area contributed by atoms with Crippen LogP contribution in [0.4, 0.5) is 0 Å². The van der Waals surface area contributed by atoms with E-state index in [1.807, 2.05) is 39.8 Å². The van der Waals surface area contributed by atoms with Gasteiger partial charge in [0, 0.05) is 104 Å². The Hall–Kier alpha value is -8.50. The number of rotatable bonds is 25. The highest BCUT2D eigenvalue weighted by Crippen LogP contribution is 2.42. The number of carbonyl (C=O) groups is 4. The van der Waals surface area contributed by atoms with E-state index in [4.69, 9.17) is 9.68 Å². The lowest BCUT2D eigenvalue weighted by atomic mass is 9.89. The number of oxime groups is 2. The molecule has 0 aliphatic heterocycles. The number of fused-ring (bicyclic) bond motifs is 10. The van der Waals surface area contributed by atoms with E-state index in [-0.39, 0.29) is 11.6 Å². The van der Waals surface area contributed by atoms with Gasteiger partial charge in [-0.2, -0.15) is 0 Å². The zero-order chi connectivity index (χ0) is 62.5. The highest BCUT2D eigenvalue weighted by atomic mass is 16.7. The summed E-state index contributed by atoms with van der Waals surface area (Å²) in [6.07, 6.45) is 11.0. The second kappa shape index (κ2) is 27.3. The van der Waals surface area contributed by atoms with Crippen molar-refractivity contribution in [1.29, 1.82) is 0 Å². The SMILES string of the molecule is CCCCC(CC)Cn1c2ccc(C(CCCCC(=NOC(C)=O)c3ccc4c(c3)c3cc(C(=O)c5c(C)cc(C)cc5C)c5ccccc5c3n4CC(CC)CCCC)=NOC(C)=O)cc2c2cc(C(=O)c3c(C)cc(C)cc3C)c3ccccc3c21. The Morgan fingerprint density at radius 2 is 0.795 bits per heavy atom.